The van der Waals surface area contributed by atoms with Gasteiger partial charge in [-0.2, -0.15) is 0 Å². The summed E-state index contributed by atoms with van der Waals surface area (Å²) in [5.74, 6) is -1.82. The van der Waals surface area contributed by atoms with Crippen LogP contribution in [0.5, 0.6) is 0 Å². The summed E-state index contributed by atoms with van der Waals surface area (Å²) in [5.41, 5.74) is -0.174. The molecule has 0 unspecified atom stereocenters. The molecule has 1 N–H and O–H groups in total. The average Bonchev–Trinajstić information content (AvgIpc) is 2.43. The molecule has 0 heterocycles. The third-order valence-corrected chi connectivity index (χ3v) is 5.39. The number of carbonyl (C=O) groups excluding carboxylic acids is 1. The van der Waals surface area contributed by atoms with Gasteiger partial charge in [-0.1, -0.05) is 0 Å². The highest BCUT2D eigenvalue weighted by atomic mass is 32.2. The minimum absolute atomic E-state index is 0.0590. The van der Waals surface area contributed by atoms with Gasteiger partial charge in [0.15, 0.2) is 0 Å². The molecule has 0 aliphatic carbocycles. The SMILES string of the molecule is COC(=O)CSc1ccc(S(=O)(=O)N(C)C)cc1C(=O)O. The number of ether oxygens (including phenoxy) is 1. The van der Waals surface area contributed by atoms with E-state index in [1.54, 1.807) is 0 Å². The van der Waals surface area contributed by atoms with Gasteiger partial charge in [0.1, 0.15) is 0 Å². The molecule has 1 aromatic carbocycles. The van der Waals surface area contributed by atoms with Crippen LogP contribution in [0.1, 0.15) is 10.4 Å². The number of benzene rings is 1. The predicted octanol–water partition coefficient (Wildman–Crippen LogP) is 0.900. The van der Waals surface area contributed by atoms with Crippen LogP contribution < -0.4 is 0 Å². The molecule has 0 saturated carbocycles. The number of nitrogens with zero attached hydrogens (tertiary/aromatic N) is 1. The van der Waals surface area contributed by atoms with Gasteiger partial charge in [0.05, 0.1) is 23.3 Å². The molecule has 0 radical (unpaired) electrons. The highest BCUT2D eigenvalue weighted by Gasteiger charge is 2.21. The summed E-state index contributed by atoms with van der Waals surface area (Å²) >= 11 is 0.972. The van der Waals surface area contributed by atoms with Crippen LogP contribution in [0, 0.1) is 0 Å². The van der Waals surface area contributed by atoms with E-state index in [-0.39, 0.29) is 16.2 Å². The molecule has 9 heteroatoms. The third-order valence-electron chi connectivity index (χ3n) is 2.53. The number of carboxylic acid groups (broad SMARTS) is 1. The van der Waals surface area contributed by atoms with E-state index in [0.717, 1.165) is 22.1 Å². The monoisotopic (exact) mass is 333 g/mol. The van der Waals surface area contributed by atoms with Crippen LogP contribution in [0.4, 0.5) is 0 Å². The first kappa shape index (κ1) is 17.5. The van der Waals surface area contributed by atoms with Crippen molar-refractivity contribution in [2.75, 3.05) is 27.0 Å². The van der Waals surface area contributed by atoms with Gasteiger partial charge in [-0.3, -0.25) is 4.79 Å². The summed E-state index contributed by atoms with van der Waals surface area (Å²) in [6.07, 6.45) is 0. The lowest BCUT2D eigenvalue weighted by Gasteiger charge is -2.13. The maximum atomic E-state index is 12.0. The Morgan fingerprint density at radius 1 is 1.33 bits per heavy atom. The topological polar surface area (TPSA) is 101 Å². The molecule has 0 atom stereocenters. The van der Waals surface area contributed by atoms with Crippen LogP contribution in [0.25, 0.3) is 0 Å². The minimum atomic E-state index is -3.72. The minimum Gasteiger partial charge on any atom is -0.478 e. The van der Waals surface area contributed by atoms with Crippen LogP contribution in [-0.4, -0.2) is 56.7 Å². The maximum absolute atomic E-state index is 12.0. The van der Waals surface area contributed by atoms with Crippen molar-refractivity contribution in [1.29, 1.82) is 0 Å². The number of thioether (sulfide) groups is 1. The Morgan fingerprint density at radius 3 is 2.43 bits per heavy atom. The molecule has 0 bridgehead atoms. The number of methoxy groups -OCH3 is 1. The maximum Gasteiger partial charge on any atom is 0.336 e. The second-order valence-electron chi connectivity index (χ2n) is 4.12. The molecule has 0 spiro atoms. The Labute approximate surface area is 126 Å². The Hall–Kier alpha value is -1.58. The zero-order valence-electron chi connectivity index (χ0n) is 11.7. The zero-order chi connectivity index (χ0) is 16.2. The molecule has 116 valence electrons. The lowest BCUT2D eigenvalue weighted by molar-refractivity contribution is -0.137. The van der Waals surface area contributed by atoms with Gasteiger partial charge in [0.2, 0.25) is 10.0 Å². The fourth-order valence-corrected chi connectivity index (χ4v) is 3.15. The van der Waals surface area contributed by atoms with Gasteiger partial charge in [-0.05, 0) is 18.2 Å². The van der Waals surface area contributed by atoms with Crippen molar-refractivity contribution in [1.82, 2.24) is 4.31 Å². The molecular formula is C12H15NO6S2. The van der Waals surface area contributed by atoms with Gasteiger partial charge >= 0.3 is 11.9 Å². The molecule has 0 amide bonds. The van der Waals surface area contributed by atoms with E-state index in [1.165, 1.54) is 33.3 Å². The predicted molar refractivity (Wildman–Crippen MR) is 77.0 cm³/mol. The fraction of sp³-hybridized carbons (Fsp3) is 0.333. The lowest BCUT2D eigenvalue weighted by Crippen LogP contribution is -2.22. The van der Waals surface area contributed by atoms with E-state index in [4.69, 9.17) is 0 Å². The highest BCUT2D eigenvalue weighted by molar-refractivity contribution is 8.00. The second-order valence-corrected chi connectivity index (χ2v) is 7.28. The lowest BCUT2D eigenvalue weighted by atomic mass is 10.2. The Balaban J connectivity index is 3.20. The molecule has 0 aliphatic heterocycles. The largest absolute Gasteiger partial charge is 0.478 e. The summed E-state index contributed by atoms with van der Waals surface area (Å²) < 4.78 is 29.4. The summed E-state index contributed by atoms with van der Waals surface area (Å²) in [4.78, 5) is 22.5. The van der Waals surface area contributed by atoms with E-state index in [1.807, 2.05) is 0 Å². The van der Waals surface area contributed by atoms with Gasteiger partial charge in [0, 0.05) is 19.0 Å². The number of hydrogen-bond donors (Lipinski definition) is 1. The van der Waals surface area contributed by atoms with Gasteiger partial charge in [-0.15, -0.1) is 11.8 Å². The summed E-state index contributed by atoms with van der Waals surface area (Å²) in [7, 11) is 0.227. The second kappa shape index (κ2) is 6.92. The number of rotatable bonds is 6. The summed E-state index contributed by atoms with van der Waals surface area (Å²) in [6.45, 7) is 0. The molecule has 1 aromatic rings. The normalized spacial score (nSPS) is 11.4. The molecule has 0 fully saturated rings. The smallest absolute Gasteiger partial charge is 0.336 e. The number of carbonyl (C=O) groups is 2. The van der Waals surface area contributed by atoms with Crippen molar-refractivity contribution in [3.8, 4) is 0 Å². The molecule has 0 saturated heterocycles. The van der Waals surface area contributed by atoms with Crippen molar-refractivity contribution in [2.24, 2.45) is 0 Å². The molecule has 0 aromatic heterocycles. The van der Waals surface area contributed by atoms with Gasteiger partial charge < -0.3 is 9.84 Å². The number of sulfonamides is 1. The van der Waals surface area contributed by atoms with Crippen molar-refractivity contribution in [3.05, 3.63) is 23.8 Å². The average molecular weight is 333 g/mol. The van der Waals surface area contributed by atoms with E-state index in [2.05, 4.69) is 4.74 Å². The third kappa shape index (κ3) is 4.19. The van der Waals surface area contributed by atoms with E-state index in [0.29, 0.717) is 4.90 Å². The molecule has 1 rings (SSSR count). The zero-order valence-corrected chi connectivity index (χ0v) is 13.3. The first-order valence-electron chi connectivity index (χ1n) is 5.69. The van der Waals surface area contributed by atoms with Crippen molar-refractivity contribution in [3.63, 3.8) is 0 Å². The quantitative estimate of drug-likeness (QED) is 0.609. The van der Waals surface area contributed by atoms with Crippen LogP contribution in [0.3, 0.4) is 0 Å². The Morgan fingerprint density at radius 2 is 1.95 bits per heavy atom. The van der Waals surface area contributed by atoms with Crippen molar-refractivity contribution < 1.29 is 27.9 Å². The molecular weight excluding hydrogens is 318 g/mol. The van der Waals surface area contributed by atoms with Crippen molar-refractivity contribution >= 4 is 33.7 Å². The van der Waals surface area contributed by atoms with E-state index in [9.17, 15) is 23.1 Å². The van der Waals surface area contributed by atoms with E-state index >= 15 is 0 Å². The molecule has 0 aliphatic rings. The van der Waals surface area contributed by atoms with E-state index < -0.39 is 22.0 Å². The van der Waals surface area contributed by atoms with Crippen LogP contribution >= 0.6 is 11.8 Å². The number of carboxylic acids is 1. The number of hydrogen-bond acceptors (Lipinski definition) is 6. The number of esters is 1. The van der Waals surface area contributed by atoms with Crippen molar-refractivity contribution in [2.45, 2.75) is 9.79 Å². The van der Waals surface area contributed by atoms with Crippen LogP contribution in [0.2, 0.25) is 0 Å². The fourth-order valence-electron chi connectivity index (χ4n) is 1.37. The van der Waals surface area contributed by atoms with Gasteiger partial charge in [-0.25, -0.2) is 17.5 Å². The number of aromatic carboxylic acids is 1. The highest BCUT2D eigenvalue weighted by Crippen LogP contribution is 2.26. The first-order chi connectivity index (χ1) is 9.70. The summed E-state index contributed by atoms with van der Waals surface area (Å²) in [6, 6.07) is 3.76. The Kier molecular flexibility index (Phi) is 5.76. The molecule has 21 heavy (non-hydrogen) atoms. The first-order valence-corrected chi connectivity index (χ1v) is 8.12. The van der Waals surface area contributed by atoms with Crippen LogP contribution in [-0.2, 0) is 19.6 Å². The standard InChI is InChI=1S/C12H15NO6S2/c1-13(2)21(17,18)8-4-5-10(9(6-8)12(15)16)20-7-11(14)19-3/h4-6H,7H2,1-3H3,(H,15,16). The summed E-state index contributed by atoms with van der Waals surface area (Å²) in [5, 5.41) is 9.18. The van der Waals surface area contributed by atoms with Gasteiger partial charge in [0.25, 0.3) is 0 Å². The molecule has 7 nitrogen and oxygen atoms in total. The Bertz CT molecular complexity index is 654. The van der Waals surface area contributed by atoms with Crippen LogP contribution in [0.15, 0.2) is 28.0 Å².